The van der Waals surface area contributed by atoms with Crippen molar-refractivity contribution in [1.82, 2.24) is 13.9 Å². The van der Waals surface area contributed by atoms with Crippen molar-refractivity contribution in [2.75, 3.05) is 6.61 Å². The summed E-state index contributed by atoms with van der Waals surface area (Å²) in [6.45, 7) is 1.51. The minimum Gasteiger partial charge on any atom is -0.394 e. The lowest BCUT2D eigenvalue weighted by molar-refractivity contribution is -0.0509. The summed E-state index contributed by atoms with van der Waals surface area (Å²) in [6, 6.07) is 0. The number of hydrogen-bond donors (Lipinski definition) is 3. The number of ether oxygens (including phenoxy) is 1. The Morgan fingerprint density at radius 1 is 1.44 bits per heavy atom. The van der Waals surface area contributed by atoms with E-state index in [0.717, 1.165) is 16.0 Å². The molecule has 3 rings (SSSR count). The maximum Gasteiger partial charge on any atom is 0.164 e. The third kappa shape index (κ3) is 1.57. The van der Waals surface area contributed by atoms with Crippen molar-refractivity contribution < 1.29 is 20.1 Å². The summed E-state index contributed by atoms with van der Waals surface area (Å²) < 4.78 is 11.3. The smallest absolute Gasteiger partial charge is 0.164 e. The number of aliphatic hydroxyl groups is 3. The summed E-state index contributed by atoms with van der Waals surface area (Å²) in [5.74, 6) is 0. The molecule has 3 heterocycles. The lowest BCUT2D eigenvalue weighted by Gasteiger charge is -2.16. The van der Waals surface area contributed by atoms with Gasteiger partial charge in [-0.1, -0.05) is 0 Å². The van der Waals surface area contributed by atoms with Gasteiger partial charge in [0.1, 0.15) is 23.8 Å². The van der Waals surface area contributed by atoms with E-state index in [0.29, 0.717) is 0 Å². The van der Waals surface area contributed by atoms with Crippen molar-refractivity contribution in [2.45, 2.75) is 31.5 Å². The number of hydrogen-bond acceptors (Lipinski definition) is 7. The Labute approximate surface area is 106 Å². The van der Waals surface area contributed by atoms with Gasteiger partial charge < -0.3 is 20.1 Å². The van der Waals surface area contributed by atoms with E-state index in [9.17, 15) is 10.2 Å². The van der Waals surface area contributed by atoms with Gasteiger partial charge in [0, 0.05) is 0 Å². The third-order valence-electron chi connectivity index (χ3n) is 3.16. The van der Waals surface area contributed by atoms with Crippen LogP contribution in [0.5, 0.6) is 0 Å². The summed E-state index contributed by atoms with van der Waals surface area (Å²) in [4.78, 5) is 4.93. The molecule has 1 aliphatic heterocycles. The van der Waals surface area contributed by atoms with Crippen molar-refractivity contribution >= 4 is 21.9 Å². The molecule has 0 saturated carbocycles. The molecular weight excluding hydrogens is 258 g/mol. The average Bonchev–Trinajstić information content (AvgIpc) is 3.00. The molecule has 8 heteroatoms. The largest absolute Gasteiger partial charge is 0.394 e. The van der Waals surface area contributed by atoms with Crippen LogP contribution in [0.25, 0.3) is 10.3 Å². The predicted octanol–water partition coefficient (Wildman–Crippen LogP) is -0.587. The van der Waals surface area contributed by atoms with Crippen LogP contribution in [0.2, 0.25) is 0 Å². The maximum absolute atomic E-state index is 9.97. The quantitative estimate of drug-likeness (QED) is 0.675. The van der Waals surface area contributed by atoms with Gasteiger partial charge in [-0.15, -0.1) is 0 Å². The molecule has 0 spiro atoms. The fourth-order valence-corrected chi connectivity index (χ4v) is 2.95. The number of imidazole rings is 1. The lowest BCUT2D eigenvalue weighted by Crippen LogP contribution is -2.33. The van der Waals surface area contributed by atoms with Gasteiger partial charge >= 0.3 is 0 Å². The molecule has 7 nitrogen and oxygen atoms in total. The van der Waals surface area contributed by atoms with Crippen LogP contribution >= 0.6 is 11.5 Å². The van der Waals surface area contributed by atoms with E-state index in [4.69, 9.17) is 9.84 Å². The van der Waals surface area contributed by atoms with Crippen LogP contribution in [0.4, 0.5) is 0 Å². The van der Waals surface area contributed by atoms with Gasteiger partial charge in [0.15, 0.2) is 11.1 Å². The number of rotatable bonds is 2. The van der Waals surface area contributed by atoms with E-state index in [1.54, 1.807) is 10.9 Å². The third-order valence-corrected chi connectivity index (χ3v) is 4.00. The van der Waals surface area contributed by atoms with Crippen LogP contribution in [0, 0.1) is 6.92 Å². The highest BCUT2D eigenvalue weighted by atomic mass is 32.1. The van der Waals surface area contributed by atoms with Crippen molar-refractivity contribution in [2.24, 2.45) is 0 Å². The Morgan fingerprint density at radius 2 is 2.22 bits per heavy atom. The second-order valence-electron chi connectivity index (χ2n) is 4.30. The van der Waals surface area contributed by atoms with E-state index in [-0.39, 0.29) is 6.61 Å². The molecule has 1 fully saturated rings. The van der Waals surface area contributed by atoms with Crippen LogP contribution in [0.3, 0.4) is 0 Å². The second-order valence-corrected chi connectivity index (χ2v) is 5.05. The fraction of sp³-hybridized carbons (Fsp3) is 0.600. The molecule has 0 bridgehead atoms. The highest BCUT2D eigenvalue weighted by Gasteiger charge is 2.43. The average molecular weight is 271 g/mol. The minimum absolute atomic E-state index is 0.340. The summed E-state index contributed by atoms with van der Waals surface area (Å²) in [6.07, 6.45) is -2.19. The zero-order valence-corrected chi connectivity index (χ0v) is 10.4. The Bertz CT molecular complexity index is 568. The number of aromatic nitrogens is 3. The van der Waals surface area contributed by atoms with E-state index in [1.165, 1.54) is 11.5 Å². The molecule has 1 saturated heterocycles. The first-order chi connectivity index (χ1) is 8.63. The van der Waals surface area contributed by atoms with Gasteiger partial charge in [-0.2, -0.15) is 4.37 Å². The van der Waals surface area contributed by atoms with Gasteiger partial charge in [-0.25, -0.2) is 4.98 Å². The minimum atomic E-state index is -1.11. The SMILES string of the molecule is Cc1nsc2ncn([C@@H]3O[C@H](CO)[C@@H](O)[C@H]3O)c12. The first kappa shape index (κ1) is 12.0. The number of fused-ring (bicyclic) bond motifs is 1. The zero-order valence-electron chi connectivity index (χ0n) is 9.59. The molecule has 2 aromatic heterocycles. The van der Waals surface area contributed by atoms with Crippen LogP contribution < -0.4 is 0 Å². The molecule has 98 valence electrons. The van der Waals surface area contributed by atoms with E-state index in [1.807, 2.05) is 6.92 Å². The highest BCUT2D eigenvalue weighted by molar-refractivity contribution is 7.12. The highest BCUT2D eigenvalue weighted by Crippen LogP contribution is 2.33. The van der Waals surface area contributed by atoms with Gasteiger partial charge in [0.05, 0.1) is 18.6 Å². The van der Waals surface area contributed by atoms with Crippen molar-refractivity contribution in [3.05, 3.63) is 12.0 Å². The monoisotopic (exact) mass is 271 g/mol. The normalized spacial score (nSPS) is 32.4. The molecule has 1 aliphatic rings. The summed E-state index contributed by atoms with van der Waals surface area (Å²) in [5.41, 5.74) is 1.58. The van der Waals surface area contributed by atoms with E-state index >= 15 is 0 Å². The molecule has 18 heavy (non-hydrogen) atoms. The summed E-state index contributed by atoms with van der Waals surface area (Å²) >= 11 is 1.27. The van der Waals surface area contributed by atoms with Crippen LogP contribution in [0.1, 0.15) is 11.9 Å². The first-order valence-electron chi connectivity index (χ1n) is 5.54. The van der Waals surface area contributed by atoms with Crippen molar-refractivity contribution in [1.29, 1.82) is 0 Å². The van der Waals surface area contributed by atoms with Gasteiger partial charge in [-0.05, 0) is 18.5 Å². The molecule has 3 N–H and O–H groups in total. The van der Waals surface area contributed by atoms with Crippen molar-refractivity contribution in [3.63, 3.8) is 0 Å². The fourth-order valence-electron chi connectivity index (χ4n) is 2.21. The zero-order chi connectivity index (χ0) is 12.9. The molecular formula is C10H13N3O4S. The molecule has 0 aliphatic carbocycles. The molecule has 0 aromatic carbocycles. The predicted molar refractivity (Wildman–Crippen MR) is 63.2 cm³/mol. The molecule has 0 unspecified atom stereocenters. The number of aliphatic hydroxyl groups excluding tert-OH is 3. The number of nitrogens with zero attached hydrogens (tertiary/aromatic N) is 3. The van der Waals surface area contributed by atoms with Crippen LogP contribution in [-0.2, 0) is 4.74 Å². The maximum atomic E-state index is 9.97. The number of aryl methyl sites for hydroxylation is 1. The Kier molecular flexibility index (Phi) is 2.83. The standard InChI is InChI=1S/C10H13N3O4S/c1-4-6-9(18-12-4)11-3-13(6)10-8(16)7(15)5(2-14)17-10/h3,5,7-8,10,14-16H,2H2,1H3/t5-,7-,8-,10-/m1/s1. The summed E-state index contributed by atoms with van der Waals surface area (Å²) in [5, 5.41) is 28.8. The second kappa shape index (κ2) is 4.25. The van der Waals surface area contributed by atoms with Gasteiger partial charge in [0.25, 0.3) is 0 Å². The Hall–Kier alpha value is -1.06. The van der Waals surface area contributed by atoms with Crippen LogP contribution in [0.15, 0.2) is 6.33 Å². The van der Waals surface area contributed by atoms with Gasteiger partial charge in [0.2, 0.25) is 0 Å². The Morgan fingerprint density at radius 3 is 2.89 bits per heavy atom. The molecule has 0 amide bonds. The molecule has 2 aromatic rings. The van der Waals surface area contributed by atoms with Crippen LogP contribution in [-0.4, -0.2) is 54.2 Å². The summed E-state index contributed by atoms with van der Waals surface area (Å²) in [7, 11) is 0. The lowest BCUT2D eigenvalue weighted by atomic mass is 10.1. The van der Waals surface area contributed by atoms with E-state index in [2.05, 4.69) is 9.36 Å². The van der Waals surface area contributed by atoms with Gasteiger partial charge in [-0.3, -0.25) is 4.57 Å². The van der Waals surface area contributed by atoms with E-state index < -0.39 is 24.5 Å². The Balaban J connectivity index is 2.02. The first-order valence-corrected chi connectivity index (χ1v) is 6.32. The van der Waals surface area contributed by atoms with Crippen molar-refractivity contribution in [3.8, 4) is 0 Å². The topological polar surface area (TPSA) is 101 Å². The molecule has 4 atom stereocenters. The molecule has 0 radical (unpaired) electrons.